The molecule has 0 N–H and O–H groups in total. The number of carbonyl (C=O) groups excluding carboxylic acids is 1. The van der Waals surface area contributed by atoms with E-state index in [1.165, 1.54) is 7.11 Å². The molecule has 2 heterocycles. The Morgan fingerprint density at radius 1 is 1.53 bits per heavy atom. The zero-order valence-corrected chi connectivity index (χ0v) is 8.47. The van der Waals surface area contributed by atoms with Crippen molar-refractivity contribution in [3.8, 4) is 0 Å². The Hall–Kier alpha value is -1.14. The SMILES string of the molecule is COC(=O)[C@H]1CC(CC2OCCO2)=NO1. The van der Waals surface area contributed by atoms with E-state index in [1.54, 1.807) is 0 Å². The molecule has 0 radical (unpaired) electrons. The lowest BCUT2D eigenvalue weighted by Crippen LogP contribution is -2.23. The molecule has 0 spiro atoms. The molecule has 0 aliphatic carbocycles. The van der Waals surface area contributed by atoms with Crippen molar-refractivity contribution in [3.05, 3.63) is 0 Å². The first-order chi connectivity index (χ1) is 7.29. The standard InChI is InChI=1S/C9H13NO5/c1-12-9(11)7-4-6(10-15-7)5-8-13-2-3-14-8/h7-8H,2-5H2,1H3/t7-/m1/s1. The highest BCUT2D eigenvalue weighted by Gasteiger charge is 2.31. The third-order valence-corrected chi connectivity index (χ3v) is 2.29. The molecular formula is C9H13NO5. The summed E-state index contributed by atoms with van der Waals surface area (Å²) < 4.78 is 15.1. The third kappa shape index (κ3) is 2.45. The predicted octanol–water partition coefficient (Wildman–Crippen LogP) is 0.0673. The van der Waals surface area contributed by atoms with E-state index in [9.17, 15) is 4.79 Å². The van der Waals surface area contributed by atoms with Gasteiger partial charge in [-0.05, 0) is 0 Å². The highest BCUT2D eigenvalue weighted by Crippen LogP contribution is 2.18. The highest BCUT2D eigenvalue weighted by molar-refractivity contribution is 5.91. The van der Waals surface area contributed by atoms with Gasteiger partial charge in [0.1, 0.15) is 0 Å². The summed E-state index contributed by atoms with van der Waals surface area (Å²) >= 11 is 0. The minimum Gasteiger partial charge on any atom is -0.466 e. The molecule has 0 aromatic heterocycles. The molecule has 0 unspecified atom stereocenters. The van der Waals surface area contributed by atoms with Crippen LogP contribution < -0.4 is 0 Å². The Balaban J connectivity index is 1.78. The molecule has 0 bridgehead atoms. The number of esters is 1. The van der Waals surface area contributed by atoms with Gasteiger partial charge in [0.25, 0.3) is 0 Å². The van der Waals surface area contributed by atoms with Gasteiger partial charge < -0.3 is 19.0 Å². The molecule has 15 heavy (non-hydrogen) atoms. The summed E-state index contributed by atoms with van der Waals surface area (Å²) in [7, 11) is 1.33. The van der Waals surface area contributed by atoms with Crippen LogP contribution in [0.3, 0.4) is 0 Å². The summed E-state index contributed by atoms with van der Waals surface area (Å²) in [6, 6.07) is 0. The number of hydrogen-bond donors (Lipinski definition) is 0. The maximum atomic E-state index is 11.1. The molecule has 1 atom stereocenters. The summed E-state index contributed by atoms with van der Waals surface area (Å²) in [5.41, 5.74) is 0.775. The molecule has 1 fully saturated rings. The molecule has 0 aromatic rings. The Bertz CT molecular complexity index is 272. The quantitative estimate of drug-likeness (QED) is 0.623. The van der Waals surface area contributed by atoms with Crippen LogP contribution in [0, 0.1) is 0 Å². The summed E-state index contributed by atoms with van der Waals surface area (Å²) in [6.07, 6.45) is 0.152. The molecule has 0 saturated carbocycles. The summed E-state index contributed by atoms with van der Waals surface area (Å²) in [5, 5.41) is 3.81. The topological polar surface area (TPSA) is 66.4 Å². The third-order valence-electron chi connectivity index (χ3n) is 2.29. The van der Waals surface area contributed by atoms with Crippen LogP contribution in [-0.2, 0) is 23.8 Å². The van der Waals surface area contributed by atoms with Crippen LogP contribution in [0.5, 0.6) is 0 Å². The van der Waals surface area contributed by atoms with Crippen molar-refractivity contribution in [2.24, 2.45) is 5.16 Å². The first-order valence-corrected chi connectivity index (χ1v) is 4.82. The van der Waals surface area contributed by atoms with Crippen LogP contribution in [0.25, 0.3) is 0 Å². The Morgan fingerprint density at radius 3 is 2.93 bits per heavy atom. The van der Waals surface area contributed by atoms with Crippen LogP contribution >= 0.6 is 0 Å². The van der Waals surface area contributed by atoms with Gasteiger partial charge in [-0.1, -0.05) is 5.16 Å². The number of ether oxygens (including phenoxy) is 3. The molecule has 6 heteroatoms. The Morgan fingerprint density at radius 2 is 2.27 bits per heavy atom. The maximum absolute atomic E-state index is 11.1. The number of rotatable bonds is 3. The minimum atomic E-state index is -0.605. The monoisotopic (exact) mass is 215 g/mol. The molecule has 84 valence electrons. The molecule has 2 aliphatic rings. The van der Waals surface area contributed by atoms with Gasteiger partial charge in [0.15, 0.2) is 6.29 Å². The number of hydrogen-bond acceptors (Lipinski definition) is 6. The van der Waals surface area contributed by atoms with Crippen molar-refractivity contribution in [2.75, 3.05) is 20.3 Å². The smallest absolute Gasteiger partial charge is 0.350 e. The fraction of sp³-hybridized carbons (Fsp3) is 0.778. The first kappa shape index (κ1) is 10.4. The van der Waals surface area contributed by atoms with Gasteiger partial charge in [0.2, 0.25) is 6.10 Å². The lowest BCUT2D eigenvalue weighted by atomic mass is 10.1. The molecular weight excluding hydrogens is 202 g/mol. The number of nitrogens with zero attached hydrogens (tertiary/aromatic N) is 1. The van der Waals surface area contributed by atoms with Gasteiger partial charge >= 0.3 is 5.97 Å². The van der Waals surface area contributed by atoms with E-state index < -0.39 is 12.1 Å². The van der Waals surface area contributed by atoms with E-state index in [4.69, 9.17) is 14.3 Å². The molecule has 1 saturated heterocycles. The summed E-state index contributed by atoms with van der Waals surface area (Å²) in [6.45, 7) is 1.22. The number of methoxy groups -OCH3 is 1. The second kappa shape index (κ2) is 4.59. The Kier molecular flexibility index (Phi) is 3.17. The van der Waals surface area contributed by atoms with Crippen molar-refractivity contribution in [3.63, 3.8) is 0 Å². The van der Waals surface area contributed by atoms with Crippen LogP contribution in [0.1, 0.15) is 12.8 Å². The van der Waals surface area contributed by atoms with Crippen LogP contribution in [-0.4, -0.2) is 44.4 Å². The van der Waals surface area contributed by atoms with Crippen molar-refractivity contribution in [1.82, 2.24) is 0 Å². The van der Waals surface area contributed by atoms with E-state index in [1.807, 2.05) is 0 Å². The van der Waals surface area contributed by atoms with Gasteiger partial charge in [-0.2, -0.15) is 0 Å². The minimum absolute atomic E-state index is 0.247. The van der Waals surface area contributed by atoms with E-state index in [2.05, 4.69) is 9.89 Å². The fourth-order valence-electron chi connectivity index (χ4n) is 1.52. The normalized spacial score (nSPS) is 26.2. The molecule has 0 amide bonds. The van der Waals surface area contributed by atoms with E-state index in [-0.39, 0.29) is 6.29 Å². The lowest BCUT2D eigenvalue weighted by Gasteiger charge is -2.07. The largest absolute Gasteiger partial charge is 0.466 e. The zero-order valence-electron chi connectivity index (χ0n) is 8.47. The van der Waals surface area contributed by atoms with E-state index >= 15 is 0 Å². The lowest BCUT2D eigenvalue weighted by molar-refractivity contribution is -0.152. The van der Waals surface area contributed by atoms with Gasteiger partial charge in [0, 0.05) is 12.8 Å². The molecule has 0 aromatic carbocycles. The molecule has 2 aliphatic heterocycles. The molecule has 2 rings (SSSR count). The van der Waals surface area contributed by atoms with Crippen LogP contribution in [0.15, 0.2) is 5.16 Å². The maximum Gasteiger partial charge on any atom is 0.350 e. The second-order valence-electron chi connectivity index (χ2n) is 3.35. The van der Waals surface area contributed by atoms with E-state index in [0.717, 1.165) is 5.71 Å². The van der Waals surface area contributed by atoms with E-state index in [0.29, 0.717) is 26.1 Å². The van der Waals surface area contributed by atoms with Gasteiger partial charge in [-0.3, -0.25) is 0 Å². The summed E-state index contributed by atoms with van der Waals surface area (Å²) in [5.74, 6) is -0.401. The van der Waals surface area contributed by atoms with Gasteiger partial charge in [-0.15, -0.1) is 0 Å². The highest BCUT2D eigenvalue weighted by atomic mass is 16.7. The first-order valence-electron chi connectivity index (χ1n) is 4.82. The van der Waals surface area contributed by atoms with Crippen molar-refractivity contribution in [2.45, 2.75) is 25.2 Å². The fourth-order valence-corrected chi connectivity index (χ4v) is 1.52. The predicted molar refractivity (Wildman–Crippen MR) is 49.3 cm³/mol. The van der Waals surface area contributed by atoms with Crippen LogP contribution in [0.2, 0.25) is 0 Å². The zero-order chi connectivity index (χ0) is 10.7. The van der Waals surface area contributed by atoms with Crippen molar-refractivity contribution >= 4 is 11.7 Å². The number of oxime groups is 1. The van der Waals surface area contributed by atoms with Crippen molar-refractivity contribution < 1.29 is 23.8 Å². The number of carbonyl (C=O) groups is 1. The Labute approximate surface area is 87.1 Å². The average molecular weight is 215 g/mol. The molecule has 6 nitrogen and oxygen atoms in total. The van der Waals surface area contributed by atoms with Crippen molar-refractivity contribution in [1.29, 1.82) is 0 Å². The van der Waals surface area contributed by atoms with Gasteiger partial charge in [-0.25, -0.2) is 4.79 Å². The summed E-state index contributed by atoms with van der Waals surface area (Å²) in [4.78, 5) is 16.0. The average Bonchev–Trinajstić information content (AvgIpc) is 2.88. The second-order valence-corrected chi connectivity index (χ2v) is 3.35. The van der Waals surface area contributed by atoms with Crippen LogP contribution in [0.4, 0.5) is 0 Å². The van der Waals surface area contributed by atoms with Gasteiger partial charge in [0.05, 0.1) is 26.0 Å².